The molecule has 0 atom stereocenters. The van der Waals surface area contributed by atoms with Crippen LogP contribution in [-0.4, -0.2) is 20.5 Å². The minimum absolute atomic E-state index is 0.0703. The molecule has 20 heavy (non-hydrogen) atoms. The number of methoxy groups -OCH3 is 1. The highest BCUT2D eigenvalue weighted by Gasteiger charge is 2.16. The van der Waals surface area contributed by atoms with Crippen LogP contribution >= 0.6 is 11.6 Å². The van der Waals surface area contributed by atoms with Crippen LogP contribution in [-0.2, 0) is 10.0 Å². The van der Waals surface area contributed by atoms with Gasteiger partial charge in [0, 0.05) is 17.3 Å². The molecule has 0 radical (unpaired) electrons. The van der Waals surface area contributed by atoms with E-state index in [0.29, 0.717) is 10.8 Å². The number of hydrogen-bond acceptors (Lipinski definition) is 4. The van der Waals surface area contributed by atoms with Crippen LogP contribution in [0, 0.1) is 0 Å². The van der Waals surface area contributed by atoms with Crippen molar-refractivity contribution in [1.82, 2.24) is 4.98 Å². The number of H-pyrrole nitrogens is 1. The van der Waals surface area contributed by atoms with Crippen LogP contribution in [0.2, 0.25) is 5.02 Å². The molecule has 0 spiro atoms. The molecular weight excluding hydrogens is 304 g/mol. The third-order valence-electron chi connectivity index (χ3n) is 2.47. The van der Waals surface area contributed by atoms with Crippen molar-refractivity contribution in [2.24, 2.45) is 0 Å². The minimum Gasteiger partial charge on any atom is -0.495 e. The van der Waals surface area contributed by atoms with Crippen LogP contribution in [0.25, 0.3) is 0 Å². The molecule has 8 heteroatoms. The topological polar surface area (TPSA) is 88.3 Å². The molecule has 0 aliphatic carbocycles. The highest BCUT2D eigenvalue weighted by atomic mass is 35.5. The van der Waals surface area contributed by atoms with Crippen molar-refractivity contribution in [3.63, 3.8) is 0 Å². The number of benzene rings is 1. The molecule has 0 unspecified atom stereocenters. The molecule has 0 saturated heterocycles. The first-order valence-corrected chi connectivity index (χ1v) is 7.33. The molecule has 0 fully saturated rings. The van der Waals surface area contributed by atoms with E-state index < -0.39 is 10.0 Å². The van der Waals surface area contributed by atoms with Gasteiger partial charge < -0.3 is 9.72 Å². The zero-order valence-electron chi connectivity index (χ0n) is 10.4. The number of ether oxygens (including phenoxy) is 1. The molecule has 2 rings (SSSR count). The van der Waals surface area contributed by atoms with Crippen molar-refractivity contribution in [2.75, 3.05) is 11.8 Å². The molecule has 106 valence electrons. The highest BCUT2D eigenvalue weighted by Crippen LogP contribution is 2.29. The van der Waals surface area contributed by atoms with Crippen LogP contribution < -0.4 is 15.0 Å². The average molecular weight is 315 g/mol. The standard InChI is InChI=1S/C12H11ClN2O4S/c1-19-11-4-2-8(13)6-10(11)15-20(17,18)9-3-5-12(16)14-7-9/h2-7,15H,1H3,(H,14,16). The second-order valence-electron chi connectivity index (χ2n) is 3.84. The molecule has 0 saturated carbocycles. The van der Waals surface area contributed by atoms with E-state index in [1.165, 1.54) is 19.2 Å². The Bertz CT molecular complexity index is 766. The van der Waals surface area contributed by atoms with Gasteiger partial charge in [-0.05, 0) is 24.3 Å². The Morgan fingerprint density at radius 3 is 2.60 bits per heavy atom. The largest absolute Gasteiger partial charge is 0.495 e. The van der Waals surface area contributed by atoms with E-state index >= 15 is 0 Å². The predicted molar refractivity (Wildman–Crippen MR) is 75.9 cm³/mol. The zero-order valence-corrected chi connectivity index (χ0v) is 12.0. The molecule has 1 aromatic heterocycles. The lowest BCUT2D eigenvalue weighted by molar-refractivity contribution is 0.417. The maximum absolute atomic E-state index is 12.2. The second-order valence-corrected chi connectivity index (χ2v) is 5.96. The summed E-state index contributed by atoms with van der Waals surface area (Å²) in [6.07, 6.45) is 1.11. The fourth-order valence-corrected chi connectivity index (χ4v) is 2.73. The monoisotopic (exact) mass is 314 g/mol. The molecule has 1 aromatic carbocycles. The lowest BCUT2D eigenvalue weighted by Crippen LogP contribution is -2.15. The Labute approximate surface area is 120 Å². The summed E-state index contributed by atoms with van der Waals surface area (Å²) in [5, 5.41) is 0.366. The third-order valence-corrected chi connectivity index (χ3v) is 4.07. The number of hydrogen-bond donors (Lipinski definition) is 2. The number of aromatic nitrogens is 1. The van der Waals surface area contributed by atoms with Crippen LogP contribution in [0.15, 0.2) is 46.2 Å². The normalized spacial score (nSPS) is 11.1. The lowest BCUT2D eigenvalue weighted by atomic mass is 10.3. The van der Waals surface area contributed by atoms with Gasteiger partial charge in [0.05, 0.1) is 12.8 Å². The van der Waals surface area contributed by atoms with Crippen molar-refractivity contribution in [3.8, 4) is 5.75 Å². The van der Waals surface area contributed by atoms with E-state index in [4.69, 9.17) is 16.3 Å². The van der Waals surface area contributed by atoms with Crippen molar-refractivity contribution < 1.29 is 13.2 Å². The second kappa shape index (κ2) is 5.56. The van der Waals surface area contributed by atoms with E-state index in [1.54, 1.807) is 12.1 Å². The number of aromatic amines is 1. The molecular formula is C12H11ClN2O4S. The number of pyridine rings is 1. The maximum Gasteiger partial charge on any atom is 0.263 e. The number of anilines is 1. The fraction of sp³-hybridized carbons (Fsp3) is 0.0833. The first-order chi connectivity index (χ1) is 9.42. The van der Waals surface area contributed by atoms with Crippen LogP contribution in [0.1, 0.15) is 0 Å². The van der Waals surface area contributed by atoms with E-state index in [1.807, 2.05) is 0 Å². The zero-order chi connectivity index (χ0) is 14.8. The molecule has 2 N–H and O–H groups in total. The summed E-state index contributed by atoms with van der Waals surface area (Å²) in [4.78, 5) is 13.2. The van der Waals surface area contributed by atoms with E-state index in [0.717, 1.165) is 12.3 Å². The summed E-state index contributed by atoms with van der Waals surface area (Å²) >= 11 is 5.83. The Hall–Kier alpha value is -1.99. The highest BCUT2D eigenvalue weighted by molar-refractivity contribution is 7.92. The van der Waals surface area contributed by atoms with Crippen LogP contribution in [0.3, 0.4) is 0 Å². The molecule has 1 heterocycles. The van der Waals surface area contributed by atoms with Crippen molar-refractivity contribution in [2.45, 2.75) is 4.90 Å². The van der Waals surface area contributed by atoms with E-state index in [-0.39, 0.29) is 16.1 Å². The van der Waals surface area contributed by atoms with Gasteiger partial charge in [0.2, 0.25) is 5.56 Å². The van der Waals surface area contributed by atoms with Gasteiger partial charge in [-0.2, -0.15) is 0 Å². The minimum atomic E-state index is -3.84. The third kappa shape index (κ3) is 3.12. The lowest BCUT2D eigenvalue weighted by Gasteiger charge is -2.11. The summed E-state index contributed by atoms with van der Waals surface area (Å²) < 4.78 is 31.7. The summed E-state index contributed by atoms with van der Waals surface area (Å²) in [7, 11) is -2.42. The van der Waals surface area contributed by atoms with Gasteiger partial charge in [0.1, 0.15) is 10.6 Å². The summed E-state index contributed by atoms with van der Waals surface area (Å²) in [5.41, 5.74) is -0.171. The molecule has 0 amide bonds. The van der Waals surface area contributed by atoms with Gasteiger partial charge in [-0.25, -0.2) is 8.42 Å². The first-order valence-electron chi connectivity index (χ1n) is 5.47. The average Bonchev–Trinajstić information content (AvgIpc) is 2.39. The predicted octanol–water partition coefficient (Wildman–Crippen LogP) is 1.84. The first kappa shape index (κ1) is 14.4. The molecule has 6 nitrogen and oxygen atoms in total. The molecule has 2 aromatic rings. The Morgan fingerprint density at radius 1 is 1.25 bits per heavy atom. The number of halogens is 1. The Morgan fingerprint density at radius 2 is 2.00 bits per heavy atom. The van der Waals surface area contributed by atoms with Crippen molar-refractivity contribution in [1.29, 1.82) is 0 Å². The molecule has 0 aliphatic heterocycles. The van der Waals surface area contributed by atoms with Gasteiger partial charge in [0.25, 0.3) is 10.0 Å². The fourth-order valence-electron chi connectivity index (χ4n) is 1.53. The van der Waals surface area contributed by atoms with Crippen LogP contribution in [0.4, 0.5) is 5.69 Å². The number of nitrogens with one attached hydrogen (secondary N) is 2. The number of sulfonamides is 1. The quantitative estimate of drug-likeness (QED) is 0.901. The van der Waals surface area contributed by atoms with Gasteiger partial charge in [0.15, 0.2) is 0 Å². The number of rotatable bonds is 4. The smallest absolute Gasteiger partial charge is 0.263 e. The summed E-state index contributed by atoms with van der Waals surface area (Å²) in [6, 6.07) is 6.90. The SMILES string of the molecule is COc1ccc(Cl)cc1NS(=O)(=O)c1ccc(=O)[nH]c1. The van der Waals surface area contributed by atoms with Crippen molar-refractivity contribution in [3.05, 3.63) is 51.9 Å². The van der Waals surface area contributed by atoms with Gasteiger partial charge in [-0.1, -0.05) is 11.6 Å². The Balaban J connectivity index is 2.40. The van der Waals surface area contributed by atoms with E-state index in [9.17, 15) is 13.2 Å². The summed E-state index contributed by atoms with van der Waals surface area (Å²) in [6.45, 7) is 0. The van der Waals surface area contributed by atoms with Crippen molar-refractivity contribution >= 4 is 27.3 Å². The Kier molecular flexibility index (Phi) is 4.01. The summed E-state index contributed by atoms with van der Waals surface area (Å²) in [5.74, 6) is 0.336. The van der Waals surface area contributed by atoms with Gasteiger partial charge in [-0.3, -0.25) is 9.52 Å². The van der Waals surface area contributed by atoms with Crippen LogP contribution in [0.5, 0.6) is 5.75 Å². The van der Waals surface area contributed by atoms with E-state index in [2.05, 4.69) is 9.71 Å². The maximum atomic E-state index is 12.2. The molecule has 0 bridgehead atoms. The van der Waals surface area contributed by atoms with Gasteiger partial charge >= 0.3 is 0 Å². The van der Waals surface area contributed by atoms with Gasteiger partial charge in [-0.15, -0.1) is 0 Å². The molecule has 0 aliphatic rings.